The number of anilines is 1. The summed E-state index contributed by atoms with van der Waals surface area (Å²) in [5.74, 6) is -2.48. The van der Waals surface area contributed by atoms with E-state index in [9.17, 15) is 22.0 Å². The highest BCUT2D eigenvalue weighted by Crippen LogP contribution is 2.18. The van der Waals surface area contributed by atoms with E-state index in [1.807, 2.05) is 6.92 Å². The van der Waals surface area contributed by atoms with Crippen LogP contribution in [0.2, 0.25) is 0 Å². The SMILES string of the molecule is CCCNS(=O)(=O)c1ccc(NC(=O)COc2ccc(F)cc2F)cc1. The third kappa shape index (κ3) is 5.50. The van der Waals surface area contributed by atoms with Crippen molar-refractivity contribution in [3.63, 3.8) is 0 Å². The molecule has 0 unspecified atom stereocenters. The van der Waals surface area contributed by atoms with Crippen LogP contribution in [0.4, 0.5) is 14.5 Å². The molecule has 140 valence electrons. The number of amides is 1. The second-order valence-corrected chi connectivity index (χ2v) is 7.10. The second kappa shape index (κ2) is 8.72. The zero-order valence-electron chi connectivity index (χ0n) is 14.0. The van der Waals surface area contributed by atoms with E-state index in [1.165, 1.54) is 24.3 Å². The van der Waals surface area contributed by atoms with Gasteiger partial charge in [0.05, 0.1) is 4.90 Å². The smallest absolute Gasteiger partial charge is 0.262 e. The zero-order valence-corrected chi connectivity index (χ0v) is 14.8. The quantitative estimate of drug-likeness (QED) is 0.733. The standard InChI is InChI=1S/C17H18F2N2O4S/c1-2-9-20-26(23,24)14-6-4-13(5-7-14)21-17(22)11-25-16-8-3-12(18)10-15(16)19/h3-8,10,20H,2,9,11H2,1H3,(H,21,22). The average molecular weight is 384 g/mol. The third-order valence-electron chi connectivity index (χ3n) is 3.24. The Morgan fingerprint density at radius 3 is 2.42 bits per heavy atom. The number of rotatable bonds is 8. The Labute approximate surface area is 150 Å². The molecular weight excluding hydrogens is 366 g/mol. The van der Waals surface area contributed by atoms with Crippen LogP contribution in [-0.2, 0) is 14.8 Å². The molecule has 0 atom stereocenters. The first kappa shape index (κ1) is 19.8. The van der Waals surface area contributed by atoms with Crippen LogP contribution in [0.15, 0.2) is 47.4 Å². The molecule has 2 aromatic carbocycles. The number of nitrogens with one attached hydrogen (secondary N) is 2. The summed E-state index contributed by atoms with van der Waals surface area (Å²) in [5, 5.41) is 2.49. The number of sulfonamides is 1. The highest BCUT2D eigenvalue weighted by molar-refractivity contribution is 7.89. The molecule has 6 nitrogen and oxygen atoms in total. The molecule has 2 N–H and O–H groups in total. The molecule has 9 heteroatoms. The van der Waals surface area contributed by atoms with Gasteiger partial charge in [-0.1, -0.05) is 6.92 Å². The molecule has 0 aliphatic carbocycles. The molecule has 0 saturated carbocycles. The maximum absolute atomic E-state index is 13.4. The summed E-state index contributed by atoms with van der Waals surface area (Å²) >= 11 is 0. The van der Waals surface area contributed by atoms with Gasteiger partial charge in [-0.05, 0) is 42.8 Å². The Hall–Kier alpha value is -2.52. The number of carbonyl (C=O) groups excluding carboxylic acids is 1. The molecule has 0 aliphatic rings. The van der Waals surface area contributed by atoms with Crippen molar-refractivity contribution in [2.45, 2.75) is 18.2 Å². The van der Waals surface area contributed by atoms with Crippen LogP contribution >= 0.6 is 0 Å². The van der Waals surface area contributed by atoms with Gasteiger partial charge in [0.2, 0.25) is 10.0 Å². The van der Waals surface area contributed by atoms with Gasteiger partial charge in [-0.25, -0.2) is 21.9 Å². The van der Waals surface area contributed by atoms with Gasteiger partial charge in [-0.2, -0.15) is 0 Å². The van der Waals surface area contributed by atoms with E-state index in [2.05, 4.69) is 10.0 Å². The molecule has 0 radical (unpaired) electrons. The molecule has 1 amide bonds. The Balaban J connectivity index is 1.93. The van der Waals surface area contributed by atoms with Crippen molar-refractivity contribution in [1.29, 1.82) is 0 Å². The van der Waals surface area contributed by atoms with Crippen LogP contribution in [0.3, 0.4) is 0 Å². The van der Waals surface area contributed by atoms with Crippen LogP contribution in [-0.4, -0.2) is 27.5 Å². The maximum Gasteiger partial charge on any atom is 0.262 e. The molecular formula is C17H18F2N2O4S. The predicted octanol–water partition coefficient (Wildman–Crippen LogP) is 2.67. The summed E-state index contributed by atoms with van der Waals surface area (Å²) in [6.07, 6.45) is 0.669. The summed E-state index contributed by atoms with van der Waals surface area (Å²) in [6, 6.07) is 8.32. The Kier molecular flexibility index (Phi) is 6.64. The maximum atomic E-state index is 13.4. The van der Waals surface area contributed by atoms with Crippen molar-refractivity contribution in [2.75, 3.05) is 18.5 Å². The van der Waals surface area contributed by atoms with E-state index >= 15 is 0 Å². The number of hydrogen-bond acceptors (Lipinski definition) is 4. The number of carbonyl (C=O) groups is 1. The van der Waals surface area contributed by atoms with Crippen molar-refractivity contribution in [1.82, 2.24) is 4.72 Å². The first-order valence-corrected chi connectivity index (χ1v) is 9.27. The monoisotopic (exact) mass is 384 g/mol. The highest BCUT2D eigenvalue weighted by atomic mass is 32.2. The Bertz CT molecular complexity index is 871. The lowest BCUT2D eigenvalue weighted by Gasteiger charge is -2.09. The largest absolute Gasteiger partial charge is 0.481 e. The molecule has 2 rings (SSSR count). The fourth-order valence-electron chi connectivity index (χ4n) is 1.97. The van der Waals surface area contributed by atoms with Crippen LogP contribution < -0.4 is 14.8 Å². The van der Waals surface area contributed by atoms with E-state index < -0.39 is 34.2 Å². The summed E-state index contributed by atoms with van der Waals surface area (Å²) in [7, 11) is -3.58. The van der Waals surface area contributed by atoms with Crippen LogP contribution in [0.5, 0.6) is 5.75 Å². The van der Waals surface area contributed by atoms with E-state index in [-0.39, 0.29) is 10.6 Å². The van der Waals surface area contributed by atoms with Crippen LogP contribution in [0.1, 0.15) is 13.3 Å². The van der Waals surface area contributed by atoms with Crippen molar-refractivity contribution < 1.29 is 26.7 Å². The van der Waals surface area contributed by atoms with E-state index in [4.69, 9.17) is 4.74 Å². The van der Waals surface area contributed by atoms with Gasteiger partial charge in [0.1, 0.15) is 5.82 Å². The molecule has 26 heavy (non-hydrogen) atoms. The highest BCUT2D eigenvalue weighted by Gasteiger charge is 2.13. The molecule has 0 aliphatic heterocycles. The summed E-state index contributed by atoms with van der Waals surface area (Å²) in [5.41, 5.74) is 0.354. The molecule has 0 fully saturated rings. The lowest BCUT2D eigenvalue weighted by atomic mass is 10.3. The van der Waals surface area contributed by atoms with Gasteiger partial charge < -0.3 is 10.1 Å². The molecule has 0 spiro atoms. The number of hydrogen-bond donors (Lipinski definition) is 2. The van der Waals surface area contributed by atoms with Crippen molar-refractivity contribution in [3.05, 3.63) is 54.1 Å². The average Bonchev–Trinajstić information content (AvgIpc) is 2.60. The topological polar surface area (TPSA) is 84.5 Å². The van der Waals surface area contributed by atoms with Gasteiger partial charge in [0, 0.05) is 18.3 Å². The van der Waals surface area contributed by atoms with Gasteiger partial charge >= 0.3 is 0 Å². The van der Waals surface area contributed by atoms with E-state index in [0.717, 1.165) is 12.1 Å². The second-order valence-electron chi connectivity index (χ2n) is 5.33. The fraction of sp³-hybridized carbons (Fsp3) is 0.235. The summed E-state index contributed by atoms with van der Waals surface area (Å²) in [6.45, 7) is 1.69. The minimum atomic E-state index is -3.58. The lowest BCUT2D eigenvalue weighted by Crippen LogP contribution is -2.24. The molecule has 0 saturated heterocycles. The minimum absolute atomic E-state index is 0.0774. The normalized spacial score (nSPS) is 11.2. The zero-order chi connectivity index (χ0) is 19.2. The number of benzene rings is 2. The molecule has 0 aromatic heterocycles. The van der Waals surface area contributed by atoms with E-state index in [0.29, 0.717) is 24.7 Å². The van der Waals surface area contributed by atoms with Crippen molar-refractivity contribution in [2.24, 2.45) is 0 Å². The number of halogens is 2. The predicted molar refractivity (Wildman–Crippen MR) is 92.4 cm³/mol. The first-order valence-electron chi connectivity index (χ1n) is 7.79. The van der Waals surface area contributed by atoms with Gasteiger partial charge in [0.25, 0.3) is 5.91 Å². The van der Waals surface area contributed by atoms with Crippen molar-refractivity contribution >= 4 is 21.6 Å². The Morgan fingerprint density at radius 1 is 1.12 bits per heavy atom. The van der Waals surface area contributed by atoms with Crippen molar-refractivity contribution in [3.8, 4) is 5.75 Å². The fourth-order valence-corrected chi connectivity index (χ4v) is 3.10. The van der Waals surface area contributed by atoms with Gasteiger partial charge in [-0.15, -0.1) is 0 Å². The Morgan fingerprint density at radius 2 is 1.81 bits per heavy atom. The number of ether oxygens (including phenoxy) is 1. The van der Waals surface area contributed by atoms with Crippen LogP contribution in [0, 0.1) is 11.6 Å². The summed E-state index contributed by atoms with van der Waals surface area (Å²) < 4.78 is 57.6. The van der Waals surface area contributed by atoms with E-state index in [1.54, 1.807) is 0 Å². The van der Waals surface area contributed by atoms with Crippen LogP contribution in [0.25, 0.3) is 0 Å². The minimum Gasteiger partial charge on any atom is -0.481 e. The first-order chi connectivity index (χ1) is 12.3. The lowest BCUT2D eigenvalue weighted by molar-refractivity contribution is -0.118. The molecule has 0 bridgehead atoms. The van der Waals surface area contributed by atoms with Gasteiger partial charge in [-0.3, -0.25) is 4.79 Å². The molecule has 2 aromatic rings. The molecule has 0 heterocycles. The third-order valence-corrected chi connectivity index (χ3v) is 4.72. The van der Waals surface area contributed by atoms with Gasteiger partial charge in [0.15, 0.2) is 18.2 Å². The summed E-state index contributed by atoms with van der Waals surface area (Å²) in [4.78, 5) is 11.9.